The van der Waals surface area contributed by atoms with Gasteiger partial charge in [0.25, 0.3) is 0 Å². The van der Waals surface area contributed by atoms with E-state index in [2.05, 4.69) is 37.0 Å². The topological polar surface area (TPSA) is 33.1 Å². The van der Waals surface area contributed by atoms with Gasteiger partial charge in [-0.2, -0.15) is 0 Å². The van der Waals surface area contributed by atoms with Crippen LogP contribution in [0.4, 0.5) is 0 Å². The third-order valence-electron chi connectivity index (χ3n) is 3.69. The highest BCUT2D eigenvalue weighted by atomic mass is 16.3. The van der Waals surface area contributed by atoms with Gasteiger partial charge < -0.3 is 5.11 Å². The summed E-state index contributed by atoms with van der Waals surface area (Å²) in [4.78, 5) is 4.40. The highest BCUT2D eigenvalue weighted by molar-refractivity contribution is 5.41. The van der Waals surface area contributed by atoms with Gasteiger partial charge in [-0.1, -0.05) is 18.2 Å². The van der Waals surface area contributed by atoms with Crippen molar-refractivity contribution < 1.29 is 5.11 Å². The van der Waals surface area contributed by atoms with E-state index in [1.807, 2.05) is 27.0 Å². The standard InChI is InChI=1S/C17H21NO/c1-10-6-14(5)16(18-9-10)17(19)15-8-12(3)11(2)7-13(15)4/h6-9,17,19H,1-5H3. The first-order valence-corrected chi connectivity index (χ1v) is 6.59. The summed E-state index contributed by atoms with van der Waals surface area (Å²) >= 11 is 0. The van der Waals surface area contributed by atoms with Crippen molar-refractivity contribution in [1.82, 2.24) is 4.98 Å². The van der Waals surface area contributed by atoms with Gasteiger partial charge in [0.05, 0.1) is 5.69 Å². The lowest BCUT2D eigenvalue weighted by molar-refractivity contribution is 0.213. The highest BCUT2D eigenvalue weighted by Gasteiger charge is 2.17. The van der Waals surface area contributed by atoms with Crippen LogP contribution in [0.15, 0.2) is 24.4 Å². The highest BCUT2D eigenvalue weighted by Crippen LogP contribution is 2.27. The molecule has 0 aliphatic rings. The second-order valence-electron chi connectivity index (χ2n) is 5.41. The van der Waals surface area contributed by atoms with E-state index in [4.69, 9.17) is 0 Å². The molecule has 0 radical (unpaired) electrons. The molecule has 2 rings (SSSR count). The van der Waals surface area contributed by atoms with Crippen LogP contribution in [-0.4, -0.2) is 10.1 Å². The number of rotatable bonds is 2. The summed E-state index contributed by atoms with van der Waals surface area (Å²) < 4.78 is 0. The molecule has 1 heterocycles. The summed E-state index contributed by atoms with van der Waals surface area (Å²) in [6, 6.07) is 6.25. The SMILES string of the molecule is Cc1cnc(C(O)c2cc(C)c(C)cc2C)c(C)c1. The van der Waals surface area contributed by atoms with Crippen molar-refractivity contribution in [3.63, 3.8) is 0 Å². The molecular weight excluding hydrogens is 234 g/mol. The molecule has 100 valence electrons. The minimum atomic E-state index is -0.653. The maximum Gasteiger partial charge on any atom is 0.121 e. The number of aromatic nitrogens is 1. The van der Waals surface area contributed by atoms with Crippen molar-refractivity contribution in [3.8, 4) is 0 Å². The molecule has 2 heteroatoms. The smallest absolute Gasteiger partial charge is 0.121 e. The van der Waals surface area contributed by atoms with Gasteiger partial charge in [-0.15, -0.1) is 0 Å². The fourth-order valence-electron chi connectivity index (χ4n) is 2.44. The maximum absolute atomic E-state index is 10.6. The van der Waals surface area contributed by atoms with Crippen molar-refractivity contribution in [1.29, 1.82) is 0 Å². The Bertz CT molecular complexity index is 617. The molecule has 0 fully saturated rings. The molecule has 1 unspecified atom stereocenters. The van der Waals surface area contributed by atoms with Crippen LogP contribution in [0, 0.1) is 34.6 Å². The average Bonchev–Trinajstić information content (AvgIpc) is 2.33. The normalized spacial score (nSPS) is 12.5. The summed E-state index contributed by atoms with van der Waals surface area (Å²) in [7, 11) is 0. The van der Waals surface area contributed by atoms with Crippen LogP contribution in [0.5, 0.6) is 0 Å². The van der Waals surface area contributed by atoms with Crippen molar-refractivity contribution in [2.24, 2.45) is 0 Å². The van der Waals surface area contributed by atoms with E-state index in [9.17, 15) is 5.11 Å². The van der Waals surface area contributed by atoms with Crippen LogP contribution in [0.1, 0.15) is 45.2 Å². The maximum atomic E-state index is 10.6. The number of benzene rings is 1. The van der Waals surface area contributed by atoms with E-state index in [1.165, 1.54) is 11.1 Å². The van der Waals surface area contributed by atoms with Crippen molar-refractivity contribution in [2.45, 2.75) is 40.7 Å². The Labute approximate surface area is 115 Å². The molecule has 1 atom stereocenters. The van der Waals surface area contributed by atoms with Crippen LogP contribution in [0.3, 0.4) is 0 Å². The molecule has 2 nitrogen and oxygen atoms in total. The first kappa shape index (κ1) is 13.8. The summed E-state index contributed by atoms with van der Waals surface area (Å²) in [6.45, 7) is 10.2. The van der Waals surface area contributed by atoms with Crippen LogP contribution in [0.2, 0.25) is 0 Å². The summed E-state index contributed by atoms with van der Waals surface area (Å²) in [5.74, 6) is 0. The van der Waals surface area contributed by atoms with E-state index >= 15 is 0 Å². The van der Waals surface area contributed by atoms with Crippen LogP contribution >= 0.6 is 0 Å². The van der Waals surface area contributed by atoms with E-state index in [-0.39, 0.29) is 0 Å². The average molecular weight is 255 g/mol. The predicted octanol–water partition coefficient (Wildman–Crippen LogP) is 3.71. The quantitative estimate of drug-likeness (QED) is 0.887. The van der Waals surface area contributed by atoms with Crippen molar-refractivity contribution >= 4 is 0 Å². The Morgan fingerprint density at radius 1 is 0.842 bits per heavy atom. The molecule has 0 saturated carbocycles. The van der Waals surface area contributed by atoms with Gasteiger partial charge in [-0.05, 0) is 68.0 Å². The molecule has 0 aliphatic heterocycles. The van der Waals surface area contributed by atoms with Gasteiger partial charge >= 0.3 is 0 Å². The third-order valence-corrected chi connectivity index (χ3v) is 3.69. The zero-order chi connectivity index (χ0) is 14.2. The fraction of sp³-hybridized carbons (Fsp3) is 0.353. The van der Waals surface area contributed by atoms with Crippen LogP contribution in [-0.2, 0) is 0 Å². The molecule has 0 saturated heterocycles. The zero-order valence-corrected chi connectivity index (χ0v) is 12.3. The van der Waals surface area contributed by atoms with Crippen molar-refractivity contribution in [3.05, 3.63) is 63.5 Å². The monoisotopic (exact) mass is 255 g/mol. The van der Waals surface area contributed by atoms with Crippen molar-refractivity contribution in [2.75, 3.05) is 0 Å². The second-order valence-corrected chi connectivity index (χ2v) is 5.41. The van der Waals surface area contributed by atoms with Gasteiger partial charge in [0.15, 0.2) is 0 Å². The van der Waals surface area contributed by atoms with Gasteiger partial charge in [-0.25, -0.2) is 0 Å². The zero-order valence-electron chi connectivity index (χ0n) is 12.3. The minimum Gasteiger partial charge on any atom is -0.382 e. The Balaban J connectivity index is 2.49. The molecule has 1 aromatic heterocycles. The molecule has 0 bridgehead atoms. The number of hydrogen-bond acceptors (Lipinski definition) is 2. The predicted molar refractivity (Wildman–Crippen MR) is 78.4 cm³/mol. The lowest BCUT2D eigenvalue weighted by Gasteiger charge is -2.17. The van der Waals surface area contributed by atoms with E-state index in [0.717, 1.165) is 27.9 Å². The van der Waals surface area contributed by atoms with E-state index in [1.54, 1.807) is 0 Å². The van der Waals surface area contributed by atoms with Gasteiger partial charge in [-0.3, -0.25) is 4.98 Å². The van der Waals surface area contributed by atoms with Crippen LogP contribution < -0.4 is 0 Å². The number of hydrogen-bond donors (Lipinski definition) is 1. The molecule has 0 aliphatic carbocycles. The number of aliphatic hydroxyl groups is 1. The van der Waals surface area contributed by atoms with Gasteiger partial charge in [0.1, 0.15) is 6.10 Å². The summed E-state index contributed by atoms with van der Waals surface area (Å²) in [5.41, 5.74) is 7.40. The number of pyridine rings is 1. The lowest BCUT2D eigenvalue weighted by Crippen LogP contribution is -2.07. The van der Waals surface area contributed by atoms with E-state index in [0.29, 0.717) is 0 Å². The van der Waals surface area contributed by atoms with E-state index < -0.39 is 6.10 Å². The molecule has 1 aromatic carbocycles. The molecule has 2 aromatic rings. The Hall–Kier alpha value is -1.67. The number of aryl methyl sites for hydroxylation is 5. The largest absolute Gasteiger partial charge is 0.382 e. The summed E-state index contributed by atoms with van der Waals surface area (Å²) in [6.07, 6.45) is 1.15. The summed E-state index contributed by atoms with van der Waals surface area (Å²) in [5, 5.41) is 10.6. The third kappa shape index (κ3) is 2.69. The molecular formula is C17H21NO. The molecule has 0 spiro atoms. The molecule has 0 amide bonds. The number of nitrogens with zero attached hydrogens (tertiary/aromatic N) is 1. The second kappa shape index (κ2) is 5.14. The number of aliphatic hydroxyl groups excluding tert-OH is 1. The first-order valence-electron chi connectivity index (χ1n) is 6.59. The lowest BCUT2D eigenvalue weighted by atomic mass is 9.94. The Morgan fingerprint density at radius 2 is 1.47 bits per heavy atom. The minimum absolute atomic E-state index is 0.653. The molecule has 1 N–H and O–H groups in total. The molecule has 19 heavy (non-hydrogen) atoms. The van der Waals surface area contributed by atoms with Gasteiger partial charge in [0, 0.05) is 6.20 Å². The van der Waals surface area contributed by atoms with Gasteiger partial charge in [0.2, 0.25) is 0 Å². The fourth-order valence-corrected chi connectivity index (χ4v) is 2.44. The Morgan fingerprint density at radius 3 is 2.11 bits per heavy atom. The first-order chi connectivity index (χ1) is 8.90. The van der Waals surface area contributed by atoms with Crippen LogP contribution in [0.25, 0.3) is 0 Å². The Kier molecular flexibility index (Phi) is 3.72.